The first-order valence-electron chi connectivity index (χ1n) is 6.10. The van der Waals surface area contributed by atoms with E-state index >= 15 is 0 Å². The van der Waals surface area contributed by atoms with Crippen molar-refractivity contribution in [3.8, 4) is 0 Å². The number of rotatable bonds is 2. The summed E-state index contributed by atoms with van der Waals surface area (Å²) in [7, 11) is 0. The van der Waals surface area contributed by atoms with Crippen LogP contribution >= 0.6 is 0 Å². The van der Waals surface area contributed by atoms with Crippen molar-refractivity contribution in [2.45, 2.75) is 6.04 Å². The molecule has 0 aliphatic heterocycles. The fraction of sp³-hybridized carbons (Fsp3) is 0.0625. The van der Waals surface area contributed by atoms with Gasteiger partial charge in [0.1, 0.15) is 5.82 Å². The van der Waals surface area contributed by atoms with Crippen LogP contribution in [-0.2, 0) is 0 Å². The molecule has 0 aliphatic carbocycles. The van der Waals surface area contributed by atoms with Gasteiger partial charge in [0, 0.05) is 11.6 Å². The van der Waals surface area contributed by atoms with Crippen molar-refractivity contribution < 1.29 is 4.39 Å². The third-order valence-corrected chi connectivity index (χ3v) is 3.23. The topological polar surface area (TPSA) is 38.9 Å². The molecule has 0 radical (unpaired) electrons. The molecule has 94 valence electrons. The third-order valence-electron chi connectivity index (χ3n) is 3.23. The first kappa shape index (κ1) is 11.8. The molecular formula is C16H13FN2. The summed E-state index contributed by atoms with van der Waals surface area (Å²) in [5, 5.41) is 2.13. The Morgan fingerprint density at radius 1 is 0.947 bits per heavy atom. The Labute approximate surface area is 110 Å². The van der Waals surface area contributed by atoms with Crippen molar-refractivity contribution in [2.75, 3.05) is 0 Å². The van der Waals surface area contributed by atoms with E-state index < -0.39 is 0 Å². The number of fused-ring (bicyclic) bond motifs is 1. The van der Waals surface area contributed by atoms with Crippen LogP contribution in [0, 0.1) is 5.82 Å². The highest BCUT2D eigenvalue weighted by Crippen LogP contribution is 2.25. The summed E-state index contributed by atoms with van der Waals surface area (Å²) in [6, 6.07) is 15.8. The Hall–Kier alpha value is -2.26. The molecule has 1 aromatic heterocycles. The number of nitrogens with zero attached hydrogens (tertiary/aromatic N) is 1. The van der Waals surface area contributed by atoms with E-state index in [0.29, 0.717) is 0 Å². The molecule has 2 nitrogen and oxygen atoms in total. The van der Waals surface area contributed by atoms with E-state index in [0.717, 1.165) is 22.0 Å². The van der Waals surface area contributed by atoms with Crippen molar-refractivity contribution in [1.29, 1.82) is 0 Å². The van der Waals surface area contributed by atoms with Gasteiger partial charge in [-0.25, -0.2) is 4.39 Å². The fourth-order valence-electron chi connectivity index (χ4n) is 2.22. The number of aromatic nitrogens is 1. The van der Waals surface area contributed by atoms with Gasteiger partial charge in [-0.3, -0.25) is 4.98 Å². The molecule has 1 heterocycles. The highest BCUT2D eigenvalue weighted by molar-refractivity contribution is 5.85. The molecule has 0 spiro atoms. The molecule has 0 saturated heterocycles. The lowest BCUT2D eigenvalue weighted by atomic mass is 9.99. The second-order valence-corrected chi connectivity index (χ2v) is 4.45. The van der Waals surface area contributed by atoms with Gasteiger partial charge in [0.05, 0.1) is 11.7 Å². The van der Waals surface area contributed by atoms with Gasteiger partial charge in [0.25, 0.3) is 0 Å². The Balaban J connectivity index is 2.11. The maximum atomic E-state index is 12.9. The molecule has 1 unspecified atom stereocenters. The monoisotopic (exact) mass is 252 g/mol. The first-order chi connectivity index (χ1) is 9.25. The van der Waals surface area contributed by atoms with E-state index in [1.165, 1.54) is 12.1 Å². The normalized spacial score (nSPS) is 12.5. The minimum Gasteiger partial charge on any atom is -0.319 e. The minimum atomic E-state index is -0.355. The lowest BCUT2D eigenvalue weighted by molar-refractivity contribution is 0.626. The Morgan fingerprint density at radius 3 is 2.47 bits per heavy atom. The fourth-order valence-corrected chi connectivity index (χ4v) is 2.22. The average molecular weight is 252 g/mol. The van der Waals surface area contributed by atoms with Crippen LogP contribution in [0.15, 0.2) is 60.8 Å². The zero-order valence-corrected chi connectivity index (χ0v) is 10.3. The quantitative estimate of drug-likeness (QED) is 0.759. The predicted octanol–water partition coefficient (Wildman–Crippen LogP) is 3.42. The summed E-state index contributed by atoms with van der Waals surface area (Å²) >= 11 is 0. The van der Waals surface area contributed by atoms with Crippen molar-refractivity contribution in [1.82, 2.24) is 4.98 Å². The molecule has 3 aromatic rings. The Kier molecular flexibility index (Phi) is 2.97. The van der Waals surface area contributed by atoms with Gasteiger partial charge in [-0.05, 0) is 29.1 Å². The van der Waals surface area contributed by atoms with E-state index in [9.17, 15) is 4.39 Å². The Morgan fingerprint density at radius 2 is 1.68 bits per heavy atom. The number of benzene rings is 2. The van der Waals surface area contributed by atoms with Crippen LogP contribution in [0.2, 0.25) is 0 Å². The summed E-state index contributed by atoms with van der Waals surface area (Å²) < 4.78 is 12.9. The second kappa shape index (κ2) is 4.78. The van der Waals surface area contributed by atoms with E-state index in [-0.39, 0.29) is 11.9 Å². The number of halogens is 1. The van der Waals surface area contributed by atoms with Gasteiger partial charge in [-0.2, -0.15) is 0 Å². The van der Waals surface area contributed by atoms with E-state index in [2.05, 4.69) is 4.98 Å². The van der Waals surface area contributed by atoms with Crippen LogP contribution in [0.3, 0.4) is 0 Å². The maximum absolute atomic E-state index is 12.9. The largest absolute Gasteiger partial charge is 0.319 e. The van der Waals surface area contributed by atoms with Crippen LogP contribution in [0.25, 0.3) is 10.8 Å². The van der Waals surface area contributed by atoms with E-state index in [1.54, 1.807) is 18.3 Å². The summed E-state index contributed by atoms with van der Waals surface area (Å²) in [5.74, 6) is -0.262. The van der Waals surface area contributed by atoms with Crippen molar-refractivity contribution in [3.05, 3.63) is 77.9 Å². The van der Waals surface area contributed by atoms with Crippen LogP contribution < -0.4 is 5.73 Å². The zero-order chi connectivity index (χ0) is 13.2. The molecule has 0 aliphatic rings. The number of nitrogens with two attached hydrogens (primary N) is 1. The smallest absolute Gasteiger partial charge is 0.123 e. The number of hydrogen-bond donors (Lipinski definition) is 1. The third kappa shape index (κ3) is 2.20. The number of pyridine rings is 1. The SMILES string of the molecule is NC(c1ccc(F)cc1)c1nccc2ccccc12. The molecule has 0 fully saturated rings. The summed E-state index contributed by atoms with van der Waals surface area (Å²) in [5.41, 5.74) is 7.91. The molecular weight excluding hydrogens is 239 g/mol. The standard InChI is InChI=1S/C16H13FN2/c17-13-7-5-12(6-8-13)15(18)16-14-4-2-1-3-11(14)9-10-19-16/h1-10,15H,18H2. The molecule has 2 N–H and O–H groups in total. The van der Waals surface area contributed by atoms with Crippen molar-refractivity contribution >= 4 is 10.8 Å². The highest BCUT2D eigenvalue weighted by atomic mass is 19.1. The van der Waals surface area contributed by atoms with Crippen LogP contribution in [-0.4, -0.2) is 4.98 Å². The number of hydrogen-bond acceptors (Lipinski definition) is 2. The molecule has 3 heteroatoms. The van der Waals surface area contributed by atoms with Crippen LogP contribution in [0.1, 0.15) is 17.3 Å². The molecule has 2 aromatic carbocycles. The van der Waals surface area contributed by atoms with E-state index in [4.69, 9.17) is 5.73 Å². The van der Waals surface area contributed by atoms with Gasteiger partial charge in [0.2, 0.25) is 0 Å². The van der Waals surface area contributed by atoms with Crippen LogP contribution in [0.4, 0.5) is 4.39 Å². The molecule has 0 saturated carbocycles. The lowest BCUT2D eigenvalue weighted by Gasteiger charge is -2.14. The van der Waals surface area contributed by atoms with Gasteiger partial charge >= 0.3 is 0 Å². The average Bonchev–Trinajstić information content (AvgIpc) is 2.47. The summed E-state index contributed by atoms with van der Waals surface area (Å²) in [6.07, 6.45) is 1.75. The molecule has 19 heavy (non-hydrogen) atoms. The lowest BCUT2D eigenvalue weighted by Crippen LogP contribution is -2.14. The van der Waals surface area contributed by atoms with Gasteiger partial charge in [-0.15, -0.1) is 0 Å². The van der Waals surface area contributed by atoms with Gasteiger partial charge < -0.3 is 5.73 Å². The van der Waals surface area contributed by atoms with Gasteiger partial charge in [-0.1, -0.05) is 36.4 Å². The second-order valence-electron chi connectivity index (χ2n) is 4.45. The minimum absolute atomic E-state index is 0.262. The summed E-state index contributed by atoms with van der Waals surface area (Å²) in [6.45, 7) is 0. The van der Waals surface area contributed by atoms with Crippen molar-refractivity contribution in [3.63, 3.8) is 0 Å². The zero-order valence-electron chi connectivity index (χ0n) is 10.3. The summed E-state index contributed by atoms with van der Waals surface area (Å²) in [4.78, 5) is 4.39. The predicted molar refractivity (Wildman–Crippen MR) is 74.2 cm³/mol. The molecule has 0 amide bonds. The maximum Gasteiger partial charge on any atom is 0.123 e. The Bertz CT molecular complexity index is 702. The van der Waals surface area contributed by atoms with E-state index in [1.807, 2.05) is 30.3 Å². The molecule has 0 bridgehead atoms. The molecule has 1 atom stereocenters. The first-order valence-corrected chi connectivity index (χ1v) is 6.10. The van der Waals surface area contributed by atoms with Crippen molar-refractivity contribution in [2.24, 2.45) is 5.73 Å². The van der Waals surface area contributed by atoms with Crippen LogP contribution in [0.5, 0.6) is 0 Å². The molecule has 3 rings (SSSR count). The highest BCUT2D eigenvalue weighted by Gasteiger charge is 2.13. The van der Waals surface area contributed by atoms with Gasteiger partial charge in [0.15, 0.2) is 0 Å².